The molecule has 124 valence electrons. The van der Waals surface area contributed by atoms with Crippen molar-refractivity contribution in [2.75, 3.05) is 6.61 Å². The fraction of sp³-hybridized carbons (Fsp3) is 0.600. The van der Waals surface area contributed by atoms with E-state index in [-0.39, 0.29) is 5.97 Å². The van der Waals surface area contributed by atoms with Gasteiger partial charge in [0.05, 0.1) is 13.0 Å². The van der Waals surface area contributed by atoms with Crippen molar-refractivity contribution >= 4 is 5.97 Å². The average molecular weight is 304 g/mol. The SMILES string of the molecule is CCOC(=O)CC=C=C(C)CCC=C(C)CCC=C(C)CC. The summed E-state index contributed by atoms with van der Waals surface area (Å²) in [7, 11) is 0. The molecule has 0 bridgehead atoms. The van der Waals surface area contributed by atoms with Gasteiger partial charge in [0.2, 0.25) is 0 Å². The molecule has 0 fully saturated rings. The van der Waals surface area contributed by atoms with Crippen LogP contribution in [0.25, 0.3) is 0 Å². The van der Waals surface area contributed by atoms with Crippen LogP contribution in [0.1, 0.15) is 73.1 Å². The Labute approximate surface area is 136 Å². The molecule has 0 atom stereocenters. The summed E-state index contributed by atoms with van der Waals surface area (Å²) in [5, 5.41) is 0. The van der Waals surface area contributed by atoms with Gasteiger partial charge in [-0.3, -0.25) is 4.79 Å². The highest BCUT2D eigenvalue weighted by Gasteiger charge is 1.96. The lowest BCUT2D eigenvalue weighted by atomic mass is 10.1. The molecule has 0 spiro atoms. The van der Waals surface area contributed by atoms with E-state index in [1.165, 1.54) is 16.7 Å². The van der Waals surface area contributed by atoms with Gasteiger partial charge in [0.1, 0.15) is 0 Å². The molecule has 0 amide bonds. The Balaban J connectivity index is 4.08. The van der Waals surface area contributed by atoms with Crippen LogP contribution in [-0.4, -0.2) is 12.6 Å². The molecule has 0 radical (unpaired) electrons. The van der Waals surface area contributed by atoms with Gasteiger partial charge < -0.3 is 4.74 Å². The first-order valence-corrected chi connectivity index (χ1v) is 8.37. The van der Waals surface area contributed by atoms with Crippen LogP contribution in [0.15, 0.2) is 40.7 Å². The molecule has 0 heterocycles. The first kappa shape index (κ1) is 20.5. The summed E-state index contributed by atoms with van der Waals surface area (Å²) in [4.78, 5) is 11.2. The molecule has 0 aromatic heterocycles. The molecule has 0 aromatic carbocycles. The van der Waals surface area contributed by atoms with Crippen molar-refractivity contribution in [3.8, 4) is 0 Å². The Bertz CT molecular complexity index is 446. The molecule has 0 rings (SSSR count). The van der Waals surface area contributed by atoms with Crippen LogP contribution in [-0.2, 0) is 9.53 Å². The third-order valence-corrected chi connectivity index (χ3v) is 3.52. The van der Waals surface area contributed by atoms with Gasteiger partial charge in [-0.05, 0) is 71.4 Å². The topological polar surface area (TPSA) is 26.3 Å². The second-order valence-electron chi connectivity index (χ2n) is 5.67. The Morgan fingerprint density at radius 3 is 2.27 bits per heavy atom. The summed E-state index contributed by atoms with van der Waals surface area (Å²) < 4.78 is 4.86. The predicted molar refractivity (Wildman–Crippen MR) is 94.8 cm³/mol. The van der Waals surface area contributed by atoms with E-state index in [2.05, 4.69) is 45.6 Å². The number of hydrogen-bond acceptors (Lipinski definition) is 2. The molecule has 0 saturated carbocycles. The maximum Gasteiger partial charge on any atom is 0.310 e. The molecular formula is C20H32O2. The summed E-state index contributed by atoms with van der Waals surface area (Å²) in [6, 6.07) is 0. The highest BCUT2D eigenvalue weighted by atomic mass is 16.5. The number of allylic oxidation sites excluding steroid dienone is 4. The summed E-state index contributed by atoms with van der Waals surface area (Å²) in [6.45, 7) is 10.9. The van der Waals surface area contributed by atoms with E-state index in [9.17, 15) is 4.79 Å². The van der Waals surface area contributed by atoms with Crippen molar-refractivity contribution in [3.05, 3.63) is 40.7 Å². The van der Waals surface area contributed by atoms with Gasteiger partial charge in [-0.1, -0.05) is 30.2 Å². The molecule has 22 heavy (non-hydrogen) atoms. The van der Waals surface area contributed by atoms with Crippen LogP contribution in [0.2, 0.25) is 0 Å². The van der Waals surface area contributed by atoms with Gasteiger partial charge in [0, 0.05) is 0 Å². The zero-order chi connectivity index (χ0) is 16.8. The number of hydrogen-bond donors (Lipinski definition) is 0. The maximum atomic E-state index is 11.2. The Kier molecular flexibility index (Phi) is 12.2. The largest absolute Gasteiger partial charge is 0.466 e. The Morgan fingerprint density at radius 1 is 1.00 bits per heavy atom. The molecule has 0 aromatic rings. The number of carbonyl (C=O) groups excluding carboxylic acids is 1. The summed E-state index contributed by atoms with van der Waals surface area (Å²) >= 11 is 0. The minimum absolute atomic E-state index is 0.186. The lowest BCUT2D eigenvalue weighted by molar-refractivity contribution is -0.142. The van der Waals surface area contributed by atoms with Crippen molar-refractivity contribution < 1.29 is 9.53 Å². The number of esters is 1. The van der Waals surface area contributed by atoms with Crippen LogP contribution in [0.3, 0.4) is 0 Å². The van der Waals surface area contributed by atoms with Crippen molar-refractivity contribution in [2.45, 2.75) is 73.1 Å². The van der Waals surface area contributed by atoms with Gasteiger partial charge >= 0.3 is 5.97 Å². The van der Waals surface area contributed by atoms with Crippen LogP contribution in [0.4, 0.5) is 0 Å². The fourth-order valence-electron chi connectivity index (χ4n) is 1.93. The van der Waals surface area contributed by atoms with Crippen molar-refractivity contribution in [3.63, 3.8) is 0 Å². The van der Waals surface area contributed by atoms with Gasteiger partial charge in [0.25, 0.3) is 0 Å². The molecule has 0 aliphatic rings. The maximum absolute atomic E-state index is 11.2. The van der Waals surface area contributed by atoms with Gasteiger partial charge in [-0.25, -0.2) is 0 Å². The monoisotopic (exact) mass is 304 g/mol. The van der Waals surface area contributed by atoms with Crippen molar-refractivity contribution in [1.82, 2.24) is 0 Å². The minimum atomic E-state index is -0.186. The zero-order valence-corrected chi connectivity index (χ0v) is 15.0. The molecule has 0 unspecified atom stereocenters. The molecule has 0 aliphatic heterocycles. The highest BCUT2D eigenvalue weighted by molar-refractivity contribution is 5.71. The zero-order valence-electron chi connectivity index (χ0n) is 15.0. The molecule has 2 nitrogen and oxygen atoms in total. The summed E-state index contributed by atoms with van der Waals surface area (Å²) in [5.41, 5.74) is 7.26. The average Bonchev–Trinajstić information content (AvgIpc) is 2.47. The normalized spacial score (nSPS) is 11.9. The first-order valence-electron chi connectivity index (χ1n) is 8.37. The summed E-state index contributed by atoms with van der Waals surface area (Å²) in [5.74, 6) is -0.186. The molecular weight excluding hydrogens is 272 g/mol. The van der Waals surface area contributed by atoms with E-state index in [1.807, 2.05) is 6.92 Å². The third-order valence-electron chi connectivity index (χ3n) is 3.52. The second kappa shape index (κ2) is 13.2. The minimum Gasteiger partial charge on any atom is -0.466 e. The third kappa shape index (κ3) is 12.2. The Morgan fingerprint density at radius 2 is 1.64 bits per heavy atom. The molecule has 0 aliphatic carbocycles. The summed E-state index contributed by atoms with van der Waals surface area (Å²) in [6.07, 6.45) is 12.2. The molecule has 0 saturated heterocycles. The number of rotatable bonds is 10. The van der Waals surface area contributed by atoms with Gasteiger partial charge in [-0.15, -0.1) is 5.73 Å². The predicted octanol–water partition coefficient (Wildman–Crippen LogP) is 5.90. The van der Waals surface area contributed by atoms with E-state index >= 15 is 0 Å². The van der Waals surface area contributed by atoms with E-state index in [0.29, 0.717) is 13.0 Å². The van der Waals surface area contributed by atoms with E-state index in [0.717, 1.165) is 32.1 Å². The standard InChI is InChI=1S/C20H32O2/c1-6-17(3)11-8-12-18(4)13-9-14-19(5)15-10-16-20(21)22-7-2/h10-11,13H,6-9,12,14,16H2,1-5H3. The van der Waals surface area contributed by atoms with Crippen molar-refractivity contribution in [1.29, 1.82) is 0 Å². The fourth-order valence-corrected chi connectivity index (χ4v) is 1.93. The molecule has 2 heteroatoms. The van der Waals surface area contributed by atoms with Gasteiger partial charge in [0.15, 0.2) is 0 Å². The highest BCUT2D eigenvalue weighted by Crippen LogP contribution is 2.11. The van der Waals surface area contributed by atoms with Crippen LogP contribution < -0.4 is 0 Å². The van der Waals surface area contributed by atoms with E-state index in [1.54, 1.807) is 6.08 Å². The van der Waals surface area contributed by atoms with E-state index in [4.69, 9.17) is 4.74 Å². The lowest BCUT2D eigenvalue weighted by Gasteiger charge is -2.00. The first-order chi connectivity index (χ1) is 10.5. The van der Waals surface area contributed by atoms with Gasteiger partial charge in [-0.2, -0.15) is 0 Å². The van der Waals surface area contributed by atoms with Crippen LogP contribution >= 0.6 is 0 Å². The molecule has 0 N–H and O–H groups in total. The van der Waals surface area contributed by atoms with E-state index < -0.39 is 0 Å². The van der Waals surface area contributed by atoms with Crippen LogP contribution in [0.5, 0.6) is 0 Å². The van der Waals surface area contributed by atoms with Crippen molar-refractivity contribution in [2.24, 2.45) is 0 Å². The number of carbonyl (C=O) groups is 1. The second-order valence-corrected chi connectivity index (χ2v) is 5.67. The number of ether oxygens (including phenoxy) is 1. The van der Waals surface area contributed by atoms with Crippen LogP contribution in [0, 0.1) is 0 Å². The smallest absolute Gasteiger partial charge is 0.310 e. The lowest BCUT2D eigenvalue weighted by Crippen LogP contribution is -2.01. The Hall–Kier alpha value is -1.53. The quantitative estimate of drug-likeness (QED) is 0.285.